The molecule has 0 bridgehead atoms. The molecule has 2 aromatic rings. The van der Waals surface area contributed by atoms with Gasteiger partial charge in [0.1, 0.15) is 5.82 Å². The molecule has 0 aromatic carbocycles. The maximum absolute atomic E-state index is 12.3. The van der Waals surface area contributed by atoms with Gasteiger partial charge in [-0.15, -0.1) is 0 Å². The van der Waals surface area contributed by atoms with E-state index in [4.69, 9.17) is 4.42 Å². The highest BCUT2D eigenvalue weighted by Crippen LogP contribution is 2.24. The van der Waals surface area contributed by atoms with Crippen molar-refractivity contribution in [2.75, 3.05) is 36.4 Å². The lowest BCUT2D eigenvalue weighted by Gasteiger charge is -2.35. The van der Waals surface area contributed by atoms with Crippen LogP contribution in [0.25, 0.3) is 0 Å². The van der Waals surface area contributed by atoms with Gasteiger partial charge in [0.2, 0.25) is 5.95 Å². The second-order valence-corrected chi connectivity index (χ2v) is 5.91. The van der Waals surface area contributed by atoms with E-state index in [1.807, 2.05) is 11.0 Å². The first kappa shape index (κ1) is 14.0. The van der Waals surface area contributed by atoms with Crippen molar-refractivity contribution in [3.8, 4) is 0 Å². The minimum Gasteiger partial charge on any atom is -0.459 e. The van der Waals surface area contributed by atoms with E-state index < -0.39 is 0 Å². The van der Waals surface area contributed by atoms with Crippen LogP contribution in [0.4, 0.5) is 11.8 Å². The third kappa shape index (κ3) is 3.13. The van der Waals surface area contributed by atoms with Gasteiger partial charge in [-0.2, -0.15) is 4.98 Å². The molecule has 1 saturated heterocycles. The molecule has 1 aliphatic heterocycles. The number of nitrogens with zero attached hydrogens (tertiary/aromatic N) is 4. The van der Waals surface area contributed by atoms with Crippen LogP contribution in [-0.2, 0) is 0 Å². The average Bonchev–Trinajstić information content (AvgIpc) is 3.24. The Balaban J connectivity index is 1.38. The zero-order valence-corrected chi connectivity index (χ0v) is 12.8. The zero-order chi connectivity index (χ0) is 15.6. The summed E-state index contributed by atoms with van der Waals surface area (Å²) in [6, 6.07) is 5.89. The summed E-state index contributed by atoms with van der Waals surface area (Å²) in [5.74, 6) is 1.96. The van der Waals surface area contributed by atoms with Crippen molar-refractivity contribution in [2.45, 2.75) is 18.9 Å². The number of anilines is 2. The largest absolute Gasteiger partial charge is 0.459 e. The fraction of sp³-hybridized carbons (Fsp3) is 0.438. The molecule has 0 unspecified atom stereocenters. The number of hydrogen-bond donors (Lipinski definition) is 1. The number of carbonyl (C=O) groups is 1. The summed E-state index contributed by atoms with van der Waals surface area (Å²) < 4.78 is 5.18. The molecule has 1 saturated carbocycles. The SMILES string of the molecule is O=C(c1ccco1)N1CCN(c2ccnc(NC3CC3)n2)CC1. The highest BCUT2D eigenvalue weighted by atomic mass is 16.3. The van der Waals surface area contributed by atoms with Gasteiger partial charge in [-0.3, -0.25) is 4.79 Å². The molecule has 1 N–H and O–H groups in total. The lowest BCUT2D eigenvalue weighted by atomic mass is 10.3. The Hall–Kier alpha value is -2.57. The van der Waals surface area contributed by atoms with Crippen molar-refractivity contribution in [3.63, 3.8) is 0 Å². The van der Waals surface area contributed by atoms with E-state index in [-0.39, 0.29) is 5.91 Å². The van der Waals surface area contributed by atoms with Gasteiger partial charge in [0.25, 0.3) is 5.91 Å². The summed E-state index contributed by atoms with van der Waals surface area (Å²) in [6.07, 6.45) is 5.70. The molecule has 2 aromatic heterocycles. The van der Waals surface area contributed by atoms with Crippen LogP contribution in [0.3, 0.4) is 0 Å². The molecule has 7 nitrogen and oxygen atoms in total. The number of furan rings is 1. The fourth-order valence-corrected chi connectivity index (χ4v) is 2.70. The molecular formula is C16H19N5O2. The number of aromatic nitrogens is 2. The quantitative estimate of drug-likeness (QED) is 0.924. The molecule has 2 aliphatic rings. The number of hydrogen-bond acceptors (Lipinski definition) is 6. The number of rotatable bonds is 4. The van der Waals surface area contributed by atoms with Gasteiger partial charge in [-0.1, -0.05) is 0 Å². The van der Waals surface area contributed by atoms with Crippen LogP contribution < -0.4 is 10.2 Å². The van der Waals surface area contributed by atoms with Crippen LogP contribution >= 0.6 is 0 Å². The molecular weight excluding hydrogens is 294 g/mol. The van der Waals surface area contributed by atoms with Crippen molar-refractivity contribution in [3.05, 3.63) is 36.4 Å². The van der Waals surface area contributed by atoms with E-state index in [1.165, 1.54) is 19.1 Å². The van der Waals surface area contributed by atoms with Crippen LogP contribution in [0.2, 0.25) is 0 Å². The Kier molecular flexibility index (Phi) is 3.61. The predicted octanol–water partition coefficient (Wildman–Crippen LogP) is 1.61. The summed E-state index contributed by atoms with van der Waals surface area (Å²) in [7, 11) is 0. The summed E-state index contributed by atoms with van der Waals surface area (Å²) in [5, 5.41) is 3.32. The molecule has 4 rings (SSSR count). The van der Waals surface area contributed by atoms with Gasteiger partial charge in [-0.05, 0) is 31.0 Å². The van der Waals surface area contributed by atoms with E-state index in [2.05, 4.69) is 20.2 Å². The Morgan fingerprint density at radius 2 is 2.04 bits per heavy atom. The van der Waals surface area contributed by atoms with Crippen LogP contribution in [-0.4, -0.2) is 53.0 Å². The van der Waals surface area contributed by atoms with Gasteiger partial charge in [0.05, 0.1) is 6.26 Å². The normalized spacial score (nSPS) is 18.1. The van der Waals surface area contributed by atoms with E-state index in [0.717, 1.165) is 18.9 Å². The molecule has 2 fully saturated rings. The Labute approximate surface area is 134 Å². The molecule has 3 heterocycles. The topological polar surface area (TPSA) is 74.5 Å². The molecule has 0 spiro atoms. The molecule has 1 amide bonds. The molecule has 0 radical (unpaired) electrons. The average molecular weight is 313 g/mol. The highest BCUT2D eigenvalue weighted by molar-refractivity contribution is 5.91. The van der Waals surface area contributed by atoms with Gasteiger partial charge in [0, 0.05) is 38.4 Å². The van der Waals surface area contributed by atoms with Crippen LogP contribution in [0.1, 0.15) is 23.4 Å². The van der Waals surface area contributed by atoms with Crippen molar-refractivity contribution in [1.82, 2.24) is 14.9 Å². The molecule has 120 valence electrons. The third-order valence-corrected chi connectivity index (χ3v) is 4.17. The van der Waals surface area contributed by atoms with Crippen LogP contribution in [0, 0.1) is 0 Å². The van der Waals surface area contributed by atoms with Crippen LogP contribution in [0.15, 0.2) is 35.1 Å². The summed E-state index contributed by atoms with van der Waals surface area (Å²) in [5.41, 5.74) is 0. The van der Waals surface area contributed by atoms with Crippen molar-refractivity contribution in [1.29, 1.82) is 0 Å². The first-order valence-corrected chi connectivity index (χ1v) is 7.97. The van der Waals surface area contributed by atoms with E-state index in [0.29, 0.717) is 30.8 Å². The third-order valence-electron chi connectivity index (χ3n) is 4.17. The number of carbonyl (C=O) groups excluding carboxylic acids is 1. The minimum atomic E-state index is -0.0478. The molecule has 0 atom stereocenters. The van der Waals surface area contributed by atoms with E-state index in [1.54, 1.807) is 18.3 Å². The lowest BCUT2D eigenvalue weighted by Crippen LogP contribution is -2.49. The maximum atomic E-state index is 12.3. The smallest absolute Gasteiger partial charge is 0.289 e. The Morgan fingerprint density at radius 3 is 2.74 bits per heavy atom. The summed E-state index contributed by atoms with van der Waals surface area (Å²) in [6.45, 7) is 2.84. The zero-order valence-electron chi connectivity index (χ0n) is 12.8. The number of piperazine rings is 1. The Bertz CT molecular complexity index is 676. The van der Waals surface area contributed by atoms with Crippen molar-refractivity contribution < 1.29 is 9.21 Å². The van der Waals surface area contributed by atoms with Gasteiger partial charge in [-0.25, -0.2) is 4.98 Å². The summed E-state index contributed by atoms with van der Waals surface area (Å²) in [4.78, 5) is 25.1. The standard InChI is InChI=1S/C16H19N5O2/c22-15(13-2-1-11-23-13)21-9-7-20(8-10-21)14-5-6-17-16(19-14)18-12-3-4-12/h1-2,5-6,11-12H,3-4,7-10H2,(H,17,18,19). The first-order chi connectivity index (χ1) is 11.3. The van der Waals surface area contributed by atoms with E-state index >= 15 is 0 Å². The first-order valence-electron chi connectivity index (χ1n) is 7.97. The summed E-state index contributed by atoms with van der Waals surface area (Å²) >= 11 is 0. The fourth-order valence-electron chi connectivity index (χ4n) is 2.70. The Morgan fingerprint density at radius 1 is 1.22 bits per heavy atom. The minimum absolute atomic E-state index is 0.0478. The number of amides is 1. The second-order valence-electron chi connectivity index (χ2n) is 5.91. The number of nitrogens with one attached hydrogen (secondary N) is 1. The molecule has 1 aliphatic carbocycles. The lowest BCUT2D eigenvalue weighted by molar-refractivity contribution is 0.0714. The van der Waals surface area contributed by atoms with E-state index in [9.17, 15) is 4.79 Å². The molecule has 7 heteroatoms. The van der Waals surface area contributed by atoms with Gasteiger partial charge in [0.15, 0.2) is 5.76 Å². The van der Waals surface area contributed by atoms with Gasteiger partial charge < -0.3 is 19.5 Å². The highest BCUT2D eigenvalue weighted by Gasteiger charge is 2.25. The monoisotopic (exact) mass is 313 g/mol. The van der Waals surface area contributed by atoms with Gasteiger partial charge >= 0.3 is 0 Å². The maximum Gasteiger partial charge on any atom is 0.289 e. The molecule has 23 heavy (non-hydrogen) atoms. The van der Waals surface area contributed by atoms with Crippen molar-refractivity contribution >= 4 is 17.7 Å². The van der Waals surface area contributed by atoms with Crippen molar-refractivity contribution in [2.24, 2.45) is 0 Å². The van der Waals surface area contributed by atoms with Crippen LogP contribution in [0.5, 0.6) is 0 Å². The predicted molar refractivity (Wildman–Crippen MR) is 85.5 cm³/mol. The second kappa shape index (κ2) is 5.91.